The van der Waals surface area contributed by atoms with Gasteiger partial charge in [0, 0.05) is 6.07 Å². The Bertz CT molecular complexity index is 856. The third kappa shape index (κ3) is 5.33. The van der Waals surface area contributed by atoms with Crippen molar-refractivity contribution in [3.63, 3.8) is 0 Å². The van der Waals surface area contributed by atoms with E-state index >= 15 is 0 Å². The topological polar surface area (TPSA) is 93.5 Å². The van der Waals surface area contributed by atoms with Crippen molar-refractivity contribution < 1.29 is 27.6 Å². The molecule has 0 bridgehead atoms. The standard InChI is InChI=1S/C17H16F3N3O4/c1-10-4-3-5-13(8-10)27-11(2)16(24)22-21-14-7-6-12(17(18,19)20)9-15(14)23(25)26/h3-9,11,21H,1-2H3,(H,22,24). The van der Waals surface area contributed by atoms with E-state index in [0.29, 0.717) is 17.9 Å². The molecule has 0 aliphatic heterocycles. The summed E-state index contributed by atoms with van der Waals surface area (Å²) in [6.45, 7) is 3.31. The lowest BCUT2D eigenvalue weighted by atomic mass is 10.1. The molecule has 0 saturated carbocycles. The van der Waals surface area contributed by atoms with Gasteiger partial charge in [0.1, 0.15) is 11.4 Å². The van der Waals surface area contributed by atoms with E-state index in [1.807, 2.05) is 13.0 Å². The van der Waals surface area contributed by atoms with E-state index in [2.05, 4.69) is 10.9 Å². The zero-order valence-electron chi connectivity index (χ0n) is 14.3. The van der Waals surface area contributed by atoms with Gasteiger partial charge in [0.25, 0.3) is 11.6 Å². The van der Waals surface area contributed by atoms with Crippen molar-refractivity contribution in [2.24, 2.45) is 0 Å². The number of anilines is 1. The molecule has 2 aromatic rings. The number of nitro benzene ring substituents is 1. The first-order chi connectivity index (χ1) is 12.6. The van der Waals surface area contributed by atoms with Crippen LogP contribution in [0.5, 0.6) is 5.75 Å². The Morgan fingerprint density at radius 2 is 1.93 bits per heavy atom. The van der Waals surface area contributed by atoms with Gasteiger partial charge in [0.05, 0.1) is 10.5 Å². The molecule has 2 rings (SSSR count). The van der Waals surface area contributed by atoms with Crippen molar-refractivity contribution in [1.82, 2.24) is 5.43 Å². The number of benzene rings is 2. The lowest BCUT2D eigenvalue weighted by molar-refractivity contribution is -0.384. The zero-order valence-corrected chi connectivity index (χ0v) is 14.3. The Labute approximate surface area is 152 Å². The summed E-state index contributed by atoms with van der Waals surface area (Å²) in [5.41, 5.74) is 3.10. The largest absolute Gasteiger partial charge is 0.481 e. The van der Waals surface area contributed by atoms with E-state index in [9.17, 15) is 28.1 Å². The van der Waals surface area contributed by atoms with Crippen LogP contribution in [0.3, 0.4) is 0 Å². The molecule has 1 atom stereocenters. The van der Waals surface area contributed by atoms with Gasteiger partial charge in [-0.1, -0.05) is 12.1 Å². The van der Waals surface area contributed by atoms with Gasteiger partial charge in [-0.15, -0.1) is 0 Å². The lowest BCUT2D eigenvalue weighted by Crippen LogP contribution is -2.39. The normalized spacial score (nSPS) is 12.2. The Hall–Kier alpha value is -3.30. The number of nitro groups is 1. The summed E-state index contributed by atoms with van der Waals surface area (Å²) in [5.74, 6) is -0.205. The molecule has 10 heteroatoms. The highest BCUT2D eigenvalue weighted by Gasteiger charge is 2.33. The number of hydrogen-bond donors (Lipinski definition) is 2. The number of nitrogens with one attached hydrogen (secondary N) is 2. The summed E-state index contributed by atoms with van der Waals surface area (Å²) in [6.07, 6.45) is -5.67. The fraction of sp³-hybridized carbons (Fsp3) is 0.235. The number of halogens is 3. The summed E-state index contributed by atoms with van der Waals surface area (Å²) < 4.78 is 43.5. The maximum Gasteiger partial charge on any atom is 0.416 e. The number of amides is 1. The molecule has 7 nitrogen and oxygen atoms in total. The number of hydrogen-bond acceptors (Lipinski definition) is 5. The van der Waals surface area contributed by atoms with Gasteiger partial charge in [-0.3, -0.25) is 25.8 Å². The fourth-order valence-corrected chi connectivity index (χ4v) is 2.14. The van der Waals surface area contributed by atoms with Gasteiger partial charge in [-0.25, -0.2) is 0 Å². The van der Waals surface area contributed by atoms with Crippen LogP contribution in [-0.4, -0.2) is 16.9 Å². The zero-order chi connectivity index (χ0) is 20.2. The van der Waals surface area contributed by atoms with Gasteiger partial charge < -0.3 is 4.74 Å². The molecule has 2 N–H and O–H groups in total. The monoisotopic (exact) mass is 383 g/mol. The molecule has 0 aliphatic carbocycles. The van der Waals surface area contributed by atoms with Crippen molar-refractivity contribution in [2.75, 3.05) is 5.43 Å². The van der Waals surface area contributed by atoms with Gasteiger partial charge in [0.15, 0.2) is 6.10 Å². The minimum atomic E-state index is -4.72. The van der Waals surface area contributed by atoms with Crippen molar-refractivity contribution >= 4 is 17.3 Å². The highest BCUT2D eigenvalue weighted by molar-refractivity contribution is 5.82. The van der Waals surface area contributed by atoms with E-state index in [4.69, 9.17) is 4.74 Å². The van der Waals surface area contributed by atoms with Crippen LogP contribution in [0.15, 0.2) is 42.5 Å². The fourth-order valence-electron chi connectivity index (χ4n) is 2.14. The molecule has 0 fully saturated rings. The minimum Gasteiger partial charge on any atom is -0.481 e. The number of hydrazine groups is 1. The van der Waals surface area contributed by atoms with Crippen molar-refractivity contribution in [2.45, 2.75) is 26.1 Å². The van der Waals surface area contributed by atoms with Crippen molar-refractivity contribution in [3.8, 4) is 5.75 Å². The average Bonchev–Trinajstić information content (AvgIpc) is 2.58. The predicted octanol–water partition coefficient (Wildman–Crippen LogP) is 3.83. The highest BCUT2D eigenvalue weighted by Crippen LogP contribution is 2.34. The number of nitrogens with zero attached hydrogens (tertiary/aromatic N) is 1. The van der Waals surface area contributed by atoms with Gasteiger partial charge in [-0.05, 0) is 43.7 Å². The van der Waals surface area contributed by atoms with E-state index in [1.165, 1.54) is 6.92 Å². The minimum absolute atomic E-state index is 0.288. The second-order valence-corrected chi connectivity index (χ2v) is 5.68. The third-order valence-electron chi connectivity index (χ3n) is 3.51. The molecule has 27 heavy (non-hydrogen) atoms. The molecule has 0 saturated heterocycles. The number of carbonyl (C=O) groups excluding carboxylic acids is 1. The molecule has 0 aromatic heterocycles. The van der Waals surface area contributed by atoms with Crippen molar-refractivity contribution in [3.05, 3.63) is 63.7 Å². The van der Waals surface area contributed by atoms with E-state index < -0.39 is 34.4 Å². The van der Waals surface area contributed by atoms with Crippen LogP contribution in [0.2, 0.25) is 0 Å². The molecule has 0 radical (unpaired) electrons. The van der Waals surface area contributed by atoms with E-state index in [-0.39, 0.29) is 5.69 Å². The number of aryl methyl sites for hydroxylation is 1. The summed E-state index contributed by atoms with van der Waals surface area (Å²) in [5, 5.41) is 11.0. The van der Waals surface area contributed by atoms with Crippen LogP contribution in [0.4, 0.5) is 24.5 Å². The molecule has 2 aromatic carbocycles. The van der Waals surface area contributed by atoms with Crippen LogP contribution < -0.4 is 15.6 Å². The summed E-state index contributed by atoms with van der Waals surface area (Å²) in [4.78, 5) is 22.1. The van der Waals surface area contributed by atoms with Gasteiger partial charge >= 0.3 is 6.18 Å². The molecule has 0 spiro atoms. The smallest absolute Gasteiger partial charge is 0.416 e. The van der Waals surface area contributed by atoms with E-state index in [0.717, 1.165) is 11.6 Å². The molecular formula is C17H16F3N3O4. The quantitative estimate of drug-likeness (QED) is 0.584. The summed E-state index contributed by atoms with van der Waals surface area (Å²) in [6, 6.07) is 8.91. The Morgan fingerprint density at radius 1 is 1.22 bits per heavy atom. The number of ether oxygens (including phenoxy) is 1. The molecule has 0 heterocycles. The van der Waals surface area contributed by atoms with Crippen LogP contribution in [0.1, 0.15) is 18.1 Å². The SMILES string of the molecule is Cc1cccc(OC(C)C(=O)NNc2ccc(C(F)(F)F)cc2[N+](=O)[O-])c1. The van der Waals surface area contributed by atoms with Crippen LogP contribution in [0, 0.1) is 17.0 Å². The molecule has 0 aliphatic rings. The first kappa shape index (κ1) is 20.0. The first-order valence-electron chi connectivity index (χ1n) is 7.73. The summed E-state index contributed by atoms with van der Waals surface area (Å²) >= 11 is 0. The molecule has 1 unspecified atom stereocenters. The van der Waals surface area contributed by atoms with Crippen molar-refractivity contribution in [1.29, 1.82) is 0 Å². The van der Waals surface area contributed by atoms with Crippen LogP contribution in [0.25, 0.3) is 0 Å². The second-order valence-electron chi connectivity index (χ2n) is 5.68. The molecule has 144 valence electrons. The third-order valence-corrected chi connectivity index (χ3v) is 3.51. The number of rotatable bonds is 6. The van der Waals surface area contributed by atoms with Crippen LogP contribution in [-0.2, 0) is 11.0 Å². The average molecular weight is 383 g/mol. The highest BCUT2D eigenvalue weighted by atomic mass is 19.4. The predicted molar refractivity (Wildman–Crippen MR) is 91.1 cm³/mol. The molecular weight excluding hydrogens is 367 g/mol. The number of alkyl halides is 3. The van der Waals surface area contributed by atoms with Gasteiger partial charge in [0.2, 0.25) is 0 Å². The van der Waals surface area contributed by atoms with E-state index in [1.54, 1.807) is 18.2 Å². The lowest BCUT2D eigenvalue weighted by Gasteiger charge is -2.16. The Balaban J connectivity index is 2.06. The molecule has 1 amide bonds. The Morgan fingerprint density at radius 3 is 2.52 bits per heavy atom. The maximum absolute atomic E-state index is 12.7. The maximum atomic E-state index is 12.7. The van der Waals surface area contributed by atoms with Crippen LogP contribution >= 0.6 is 0 Å². The second kappa shape index (κ2) is 7.94. The summed E-state index contributed by atoms with van der Waals surface area (Å²) in [7, 11) is 0. The Kier molecular flexibility index (Phi) is 5.88. The first-order valence-corrected chi connectivity index (χ1v) is 7.73. The number of carbonyl (C=O) groups is 1. The van der Waals surface area contributed by atoms with Gasteiger partial charge in [-0.2, -0.15) is 13.2 Å².